The van der Waals surface area contributed by atoms with Crippen molar-refractivity contribution in [2.75, 3.05) is 0 Å². The highest BCUT2D eigenvalue weighted by Crippen LogP contribution is 2.50. The summed E-state index contributed by atoms with van der Waals surface area (Å²) in [5, 5.41) is 5.19. The molecule has 51 heavy (non-hydrogen) atoms. The predicted molar refractivity (Wildman–Crippen MR) is 217 cm³/mol. The van der Waals surface area contributed by atoms with Crippen LogP contribution in [0, 0.1) is 0 Å². The van der Waals surface area contributed by atoms with Gasteiger partial charge in [-0.3, -0.25) is 0 Å². The first-order valence-electron chi connectivity index (χ1n) is 17.6. The maximum atomic E-state index is 2.44. The van der Waals surface area contributed by atoms with E-state index in [4.69, 9.17) is 0 Å². The highest BCUT2D eigenvalue weighted by molar-refractivity contribution is 7.25. The number of aromatic nitrogens is 1. The van der Waals surface area contributed by atoms with Crippen LogP contribution >= 0.6 is 11.3 Å². The van der Waals surface area contributed by atoms with Crippen molar-refractivity contribution in [3.8, 4) is 39.1 Å². The fraction of sp³-hybridized carbons (Fsp3) is 0.0204. The molecule has 0 saturated carbocycles. The van der Waals surface area contributed by atoms with Gasteiger partial charge in [-0.25, -0.2) is 0 Å². The SMILES string of the molecule is c1ccc(-c2cccc(C3c4ccccc4-c4cc(-c5ccc6c(c5)c5ccccc5n6-c5ccc6sc7ccccc7c6c5)ccc43)c2)cc1. The van der Waals surface area contributed by atoms with Gasteiger partial charge >= 0.3 is 0 Å². The molecule has 10 aromatic rings. The van der Waals surface area contributed by atoms with Gasteiger partial charge < -0.3 is 4.57 Å². The number of thiophene rings is 1. The molecule has 0 bridgehead atoms. The molecule has 1 atom stereocenters. The Bertz CT molecular complexity index is 2980. The van der Waals surface area contributed by atoms with E-state index >= 15 is 0 Å². The normalized spacial score (nSPS) is 13.7. The lowest BCUT2D eigenvalue weighted by Crippen LogP contribution is -1.99. The minimum Gasteiger partial charge on any atom is -0.309 e. The molecule has 8 aromatic carbocycles. The Kier molecular flexibility index (Phi) is 6.25. The number of fused-ring (bicyclic) bond motifs is 9. The van der Waals surface area contributed by atoms with Crippen LogP contribution in [0.3, 0.4) is 0 Å². The Labute approximate surface area is 300 Å². The lowest BCUT2D eigenvalue weighted by molar-refractivity contribution is 1.02. The van der Waals surface area contributed by atoms with Crippen LogP contribution in [-0.2, 0) is 0 Å². The fourth-order valence-electron chi connectivity index (χ4n) is 8.55. The molecular formula is C49H31NS. The second-order valence-corrected chi connectivity index (χ2v) is 14.8. The van der Waals surface area contributed by atoms with Gasteiger partial charge in [0, 0.05) is 42.6 Å². The van der Waals surface area contributed by atoms with Crippen molar-refractivity contribution in [1.82, 2.24) is 4.57 Å². The van der Waals surface area contributed by atoms with E-state index in [2.05, 4.69) is 187 Å². The molecule has 1 unspecified atom stereocenters. The summed E-state index contributed by atoms with van der Waals surface area (Å²) in [7, 11) is 0. The highest BCUT2D eigenvalue weighted by atomic mass is 32.1. The molecule has 0 spiro atoms. The largest absolute Gasteiger partial charge is 0.309 e. The smallest absolute Gasteiger partial charge is 0.0541 e. The van der Waals surface area contributed by atoms with Crippen molar-refractivity contribution in [3.05, 3.63) is 199 Å². The molecule has 0 radical (unpaired) electrons. The zero-order chi connectivity index (χ0) is 33.5. The summed E-state index contributed by atoms with van der Waals surface area (Å²) in [6.07, 6.45) is 0. The first kappa shape index (κ1) is 28.6. The average molecular weight is 666 g/mol. The minimum absolute atomic E-state index is 0.201. The van der Waals surface area contributed by atoms with Gasteiger partial charge in [-0.1, -0.05) is 133 Å². The van der Waals surface area contributed by atoms with Crippen LogP contribution in [0.25, 0.3) is 81.0 Å². The minimum atomic E-state index is 0.201. The van der Waals surface area contributed by atoms with Crippen molar-refractivity contribution in [1.29, 1.82) is 0 Å². The van der Waals surface area contributed by atoms with E-state index in [0.29, 0.717) is 0 Å². The van der Waals surface area contributed by atoms with Crippen LogP contribution in [0.2, 0.25) is 0 Å². The highest BCUT2D eigenvalue weighted by Gasteiger charge is 2.30. The summed E-state index contributed by atoms with van der Waals surface area (Å²) in [6, 6.07) is 67.4. The van der Waals surface area contributed by atoms with Crippen LogP contribution in [0.15, 0.2) is 182 Å². The Hall–Kier alpha value is -6.22. The Morgan fingerprint density at radius 3 is 2.00 bits per heavy atom. The molecule has 2 heterocycles. The summed E-state index contributed by atoms with van der Waals surface area (Å²) in [5.41, 5.74) is 15.4. The summed E-state index contributed by atoms with van der Waals surface area (Å²) in [5.74, 6) is 0.201. The number of hydrogen-bond donors (Lipinski definition) is 0. The first-order valence-corrected chi connectivity index (χ1v) is 18.4. The third-order valence-electron chi connectivity index (χ3n) is 10.9. The van der Waals surface area contributed by atoms with Gasteiger partial charge in [-0.05, 0) is 98.6 Å². The third-order valence-corrected chi connectivity index (χ3v) is 12.0. The van der Waals surface area contributed by atoms with Gasteiger partial charge in [-0.2, -0.15) is 0 Å². The molecule has 1 aliphatic rings. The number of benzene rings is 8. The lowest BCUT2D eigenvalue weighted by atomic mass is 9.87. The molecule has 2 aromatic heterocycles. The number of hydrogen-bond acceptors (Lipinski definition) is 1. The van der Waals surface area contributed by atoms with Crippen molar-refractivity contribution < 1.29 is 0 Å². The number of rotatable bonds is 4. The van der Waals surface area contributed by atoms with Crippen LogP contribution in [0.1, 0.15) is 22.6 Å². The summed E-state index contributed by atoms with van der Waals surface area (Å²) >= 11 is 1.87. The molecule has 0 fully saturated rings. The molecule has 1 nitrogen and oxygen atoms in total. The maximum absolute atomic E-state index is 2.44. The van der Waals surface area contributed by atoms with E-state index in [0.717, 1.165) is 0 Å². The molecule has 238 valence electrons. The molecule has 1 aliphatic carbocycles. The number of nitrogens with zero attached hydrogens (tertiary/aromatic N) is 1. The predicted octanol–water partition coefficient (Wildman–Crippen LogP) is 13.6. The van der Waals surface area contributed by atoms with Gasteiger partial charge in [-0.15, -0.1) is 11.3 Å². The van der Waals surface area contributed by atoms with E-state index in [1.54, 1.807) is 0 Å². The summed E-state index contributed by atoms with van der Waals surface area (Å²) < 4.78 is 5.10. The Morgan fingerprint density at radius 2 is 1.06 bits per heavy atom. The summed E-state index contributed by atoms with van der Waals surface area (Å²) in [6.45, 7) is 0. The van der Waals surface area contributed by atoms with Gasteiger partial charge in [0.05, 0.1) is 11.0 Å². The summed E-state index contributed by atoms with van der Waals surface area (Å²) in [4.78, 5) is 0. The second-order valence-electron chi connectivity index (χ2n) is 13.7. The van der Waals surface area contributed by atoms with Gasteiger partial charge in [0.1, 0.15) is 0 Å². The van der Waals surface area contributed by atoms with Crippen LogP contribution in [-0.4, -0.2) is 4.57 Å². The molecule has 2 heteroatoms. The van der Waals surface area contributed by atoms with E-state index in [1.807, 2.05) is 11.3 Å². The maximum Gasteiger partial charge on any atom is 0.0541 e. The Morgan fingerprint density at radius 1 is 0.373 bits per heavy atom. The van der Waals surface area contributed by atoms with Crippen molar-refractivity contribution in [3.63, 3.8) is 0 Å². The van der Waals surface area contributed by atoms with Crippen molar-refractivity contribution >= 4 is 53.3 Å². The molecule has 0 amide bonds. The lowest BCUT2D eigenvalue weighted by Gasteiger charge is -2.16. The van der Waals surface area contributed by atoms with Crippen molar-refractivity contribution in [2.45, 2.75) is 5.92 Å². The van der Waals surface area contributed by atoms with Crippen LogP contribution in [0.4, 0.5) is 0 Å². The van der Waals surface area contributed by atoms with Gasteiger partial charge in [0.2, 0.25) is 0 Å². The average Bonchev–Trinajstić information content (AvgIpc) is 3.85. The quantitative estimate of drug-likeness (QED) is 0.176. The van der Waals surface area contributed by atoms with Crippen LogP contribution in [0.5, 0.6) is 0 Å². The van der Waals surface area contributed by atoms with E-state index < -0.39 is 0 Å². The fourth-order valence-corrected chi connectivity index (χ4v) is 9.64. The monoisotopic (exact) mass is 665 g/mol. The Balaban J connectivity index is 1.04. The second kappa shape index (κ2) is 11.1. The first-order chi connectivity index (χ1) is 25.3. The molecule has 0 saturated heterocycles. The van der Waals surface area contributed by atoms with E-state index in [9.17, 15) is 0 Å². The standard InChI is InChI=1S/C49H31NS/c1-2-11-31(12-3-1)32-13-10-14-35(27-32)49-40-18-5-4-15-37(40)42-28-33(21-24-41(42)49)34-22-25-46-43(29-34)38-16-6-8-19-45(38)50(46)36-23-26-48-44(30-36)39-17-7-9-20-47(39)51-48/h1-30,49H. The number of para-hydroxylation sites is 1. The topological polar surface area (TPSA) is 4.93 Å². The van der Waals surface area contributed by atoms with E-state index in [-0.39, 0.29) is 5.92 Å². The van der Waals surface area contributed by atoms with Gasteiger partial charge in [0.15, 0.2) is 0 Å². The molecule has 0 aliphatic heterocycles. The van der Waals surface area contributed by atoms with E-state index in [1.165, 1.54) is 97.7 Å². The zero-order valence-electron chi connectivity index (χ0n) is 27.8. The zero-order valence-corrected chi connectivity index (χ0v) is 28.6. The third kappa shape index (κ3) is 4.40. The molecule has 0 N–H and O–H groups in total. The van der Waals surface area contributed by atoms with Crippen molar-refractivity contribution in [2.24, 2.45) is 0 Å². The van der Waals surface area contributed by atoms with Gasteiger partial charge in [0.25, 0.3) is 0 Å². The van der Waals surface area contributed by atoms with Crippen LogP contribution < -0.4 is 0 Å². The molecule has 11 rings (SSSR count). The molecular weight excluding hydrogens is 635 g/mol.